The number of fused-ring (bicyclic) bond motifs is 1. The predicted octanol–water partition coefficient (Wildman–Crippen LogP) is 2.12. The summed E-state index contributed by atoms with van der Waals surface area (Å²) >= 11 is 3.49. The maximum absolute atomic E-state index is 6.38. The van der Waals surface area contributed by atoms with Gasteiger partial charge in [0.15, 0.2) is 0 Å². The monoisotopic (exact) mass is 319 g/mol. The Morgan fingerprint density at radius 3 is 2.63 bits per heavy atom. The lowest BCUT2D eigenvalue weighted by Crippen LogP contribution is -2.17. The van der Waals surface area contributed by atoms with Crippen LogP contribution in [0.3, 0.4) is 0 Å². The van der Waals surface area contributed by atoms with Crippen LogP contribution in [0.5, 0.6) is 0 Å². The zero-order valence-corrected chi connectivity index (χ0v) is 12.3. The van der Waals surface area contributed by atoms with E-state index in [1.165, 1.54) is 0 Å². The zero-order chi connectivity index (χ0) is 13.6. The minimum absolute atomic E-state index is 0.312. The van der Waals surface area contributed by atoms with Crippen molar-refractivity contribution in [2.45, 2.75) is 6.04 Å². The van der Waals surface area contributed by atoms with E-state index in [0.29, 0.717) is 0 Å². The normalized spacial score (nSPS) is 13.1. The summed E-state index contributed by atoms with van der Waals surface area (Å²) in [6.45, 7) is 0. The van der Waals surface area contributed by atoms with E-state index in [9.17, 15) is 0 Å². The third-order valence-electron chi connectivity index (χ3n) is 3.31. The number of hydrogen-bond acceptors (Lipinski definition) is 3. The number of benzene rings is 1. The molecule has 0 fully saturated rings. The zero-order valence-electron chi connectivity index (χ0n) is 10.7. The summed E-state index contributed by atoms with van der Waals surface area (Å²) in [6.07, 6.45) is 1.75. The Morgan fingerprint density at radius 1 is 1.21 bits per heavy atom. The van der Waals surface area contributed by atoms with Gasteiger partial charge in [-0.15, -0.1) is 0 Å². The molecule has 6 heteroatoms. The van der Waals surface area contributed by atoms with E-state index in [1.54, 1.807) is 10.9 Å². The number of rotatable bonds is 2. The van der Waals surface area contributed by atoms with Crippen molar-refractivity contribution in [3.63, 3.8) is 0 Å². The molecule has 3 aromatic rings. The number of aryl methyl sites for hydroxylation is 2. The van der Waals surface area contributed by atoms with Gasteiger partial charge >= 0.3 is 0 Å². The van der Waals surface area contributed by atoms with Crippen LogP contribution in [0.4, 0.5) is 0 Å². The second-order valence-electron chi connectivity index (χ2n) is 4.51. The summed E-state index contributed by atoms with van der Waals surface area (Å²) in [4.78, 5) is 0. The fourth-order valence-electron chi connectivity index (χ4n) is 2.37. The summed E-state index contributed by atoms with van der Waals surface area (Å²) in [5, 5.41) is 9.84. The van der Waals surface area contributed by atoms with Gasteiger partial charge in [-0.25, -0.2) is 0 Å². The van der Waals surface area contributed by atoms with Gasteiger partial charge in [-0.2, -0.15) is 10.2 Å². The van der Waals surface area contributed by atoms with Gasteiger partial charge in [-0.05, 0) is 22.0 Å². The SMILES string of the molecule is Cn1ncc(Br)c1C(N)c1nn(C)c2ccccc12. The van der Waals surface area contributed by atoms with Crippen LogP contribution in [-0.2, 0) is 14.1 Å². The second kappa shape index (κ2) is 4.47. The molecule has 0 bridgehead atoms. The Balaban J connectivity index is 2.20. The van der Waals surface area contributed by atoms with Crippen molar-refractivity contribution >= 4 is 26.8 Å². The minimum atomic E-state index is -0.312. The summed E-state index contributed by atoms with van der Waals surface area (Å²) < 4.78 is 4.53. The summed E-state index contributed by atoms with van der Waals surface area (Å²) in [7, 11) is 3.81. The lowest BCUT2D eigenvalue weighted by atomic mass is 10.1. The van der Waals surface area contributed by atoms with Crippen molar-refractivity contribution in [3.05, 3.63) is 46.3 Å². The van der Waals surface area contributed by atoms with E-state index in [1.807, 2.05) is 43.0 Å². The Bertz CT molecular complexity index is 723. The van der Waals surface area contributed by atoms with Crippen LogP contribution >= 0.6 is 15.9 Å². The Kier molecular flexibility index (Phi) is 2.91. The van der Waals surface area contributed by atoms with Gasteiger partial charge in [-0.3, -0.25) is 9.36 Å². The van der Waals surface area contributed by atoms with E-state index in [0.717, 1.165) is 26.8 Å². The van der Waals surface area contributed by atoms with Gasteiger partial charge in [0.2, 0.25) is 0 Å². The van der Waals surface area contributed by atoms with Crippen LogP contribution in [0.1, 0.15) is 17.4 Å². The molecule has 0 amide bonds. The van der Waals surface area contributed by atoms with Crippen molar-refractivity contribution in [1.29, 1.82) is 0 Å². The summed E-state index contributed by atoms with van der Waals surface area (Å²) in [5.74, 6) is 0. The van der Waals surface area contributed by atoms with E-state index in [4.69, 9.17) is 5.73 Å². The van der Waals surface area contributed by atoms with E-state index < -0.39 is 0 Å². The highest BCUT2D eigenvalue weighted by atomic mass is 79.9. The molecule has 0 aliphatic carbocycles. The van der Waals surface area contributed by atoms with Crippen molar-refractivity contribution in [1.82, 2.24) is 19.6 Å². The topological polar surface area (TPSA) is 61.7 Å². The average Bonchev–Trinajstić information content (AvgIpc) is 2.91. The third-order valence-corrected chi connectivity index (χ3v) is 3.92. The van der Waals surface area contributed by atoms with Gasteiger partial charge in [0.05, 0.1) is 33.6 Å². The number of aromatic nitrogens is 4. The minimum Gasteiger partial charge on any atom is -0.318 e. The smallest absolute Gasteiger partial charge is 0.0933 e. The first-order valence-electron chi connectivity index (χ1n) is 5.94. The van der Waals surface area contributed by atoms with E-state index in [2.05, 4.69) is 26.1 Å². The van der Waals surface area contributed by atoms with Gasteiger partial charge < -0.3 is 5.73 Å². The molecule has 1 atom stereocenters. The highest BCUT2D eigenvalue weighted by Crippen LogP contribution is 2.29. The second-order valence-corrected chi connectivity index (χ2v) is 5.36. The number of halogens is 1. The number of nitrogens with zero attached hydrogens (tertiary/aromatic N) is 4. The third kappa shape index (κ3) is 1.87. The van der Waals surface area contributed by atoms with Crippen LogP contribution in [0, 0.1) is 0 Å². The molecule has 1 aromatic carbocycles. The van der Waals surface area contributed by atoms with E-state index >= 15 is 0 Å². The molecule has 98 valence electrons. The molecule has 19 heavy (non-hydrogen) atoms. The highest BCUT2D eigenvalue weighted by Gasteiger charge is 2.22. The lowest BCUT2D eigenvalue weighted by molar-refractivity contribution is 0.650. The maximum atomic E-state index is 6.38. The molecule has 0 spiro atoms. The van der Waals surface area contributed by atoms with Crippen molar-refractivity contribution < 1.29 is 0 Å². The Labute approximate surface area is 119 Å². The fraction of sp³-hybridized carbons (Fsp3) is 0.231. The van der Waals surface area contributed by atoms with E-state index in [-0.39, 0.29) is 6.04 Å². The van der Waals surface area contributed by atoms with Crippen molar-refractivity contribution in [2.75, 3.05) is 0 Å². The van der Waals surface area contributed by atoms with Gasteiger partial charge in [0.1, 0.15) is 0 Å². The molecule has 0 aliphatic heterocycles. The van der Waals surface area contributed by atoms with Gasteiger partial charge in [0.25, 0.3) is 0 Å². The molecule has 1 unspecified atom stereocenters. The first kappa shape index (κ1) is 12.4. The molecular formula is C13H14BrN5. The quantitative estimate of drug-likeness (QED) is 0.787. The molecule has 3 rings (SSSR count). The molecule has 0 aliphatic rings. The number of hydrogen-bond donors (Lipinski definition) is 1. The Morgan fingerprint density at radius 2 is 1.95 bits per heavy atom. The summed E-state index contributed by atoms with van der Waals surface area (Å²) in [5.41, 5.74) is 9.23. The molecule has 0 saturated heterocycles. The predicted molar refractivity (Wildman–Crippen MR) is 77.7 cm³/mol. The molecule has 2 heterocycles. The highest BCUT2D eigenvalue weighted by molar-refractivity contribution is 9.10. The first-order chi connectivity index (χ1) is 9.09. The standard InChI is InChI=1S/C13H14BrN5/c1-18-10-6-4-3-5-8(10)12(17-18)11(15)13-9(14)7-16-19(13)2/h3-7,11H,15H2,1-2H3. The molecular weight excluding hydrogens is 306 g/mol. The number of para-hydroxylation sites is 1. The molecule has 0 radical (unpaired) electrons. The van der Waals surface area contributed by atoms with Crippen LogP contribution in [0.25, 0.3) is 10.9 Å². The van der Waals surface area contributed by atoms with Crippen LogP contribution in [0.2, 0.25) is 0 Å². The van der Waals surface area contributed by atoms with Gasteiger partial charge in [0, 0.05) is 19.5 Å². The molecule has 2 N–H and O–H groups in total. The fourth-order valence-corrected chi connectivity index (χ4v) is 2.97. The average molecular weight is 320 g/mol. The van der Waals surface area contributed by atoms with Crippen molar-refractivity contribution in [2.24, 2.45) is 19.8 Å². The van der Waals surface area contributed by atoms with Crippen LogP contribution < -0.4 is 5.73 Å². The van der Waals surface area contributed by atoms with Crippen molar-refractivity contribution in [3.8, 4) is 0 Å². The van der Waals surface area contributed by atoms with Gasteiger partial charge in [-0.1, -0.05) is 18.2 Å². The van der Waals surface area contributed by atoms with Crippen LogP contribution in [0.15, 0.2) is 34.9 Å². The number of nitrogens with two attached hydrogens (primary N) is 1. The molecule has 2 aromatic heterocycles. The Hall–Kier alpha value is -1.66. The summed E-state index contributed by atoms with van der Waals surface area (Å²) in [6, 6.07) is 7.77. The molecule has 0 saturated carbocycles. The lowest BCUT2D eigenvalue weighted by Gasteiger charge is -2.11. The first-order valence-corrected chi connectivity index (χ1v) is 6.73. The van der Waals surface area contributed by atoms with Crippen LogP contribution in [-0.4, -0.2) is 19.6 Å². The molecule has 5 nitrogen and oxygen atoms in total. The largest absolute Gasteiger partial charge is 0.318 e. The maximum Gasteiger partial charge on any atom is 0.0933 e.